The van der Waals surface area contributed by atoms with E-state index in [9.17, 15) is 20.2 Å². The van der Waals surface area contributed by atoms with Crippen molar-refractivity contribution < 1.29 is 24.1 Å². The Bertz CT molecular complexity index is 697. The quantitative estimate of drug-likeness (QED) is 0.460. The minimum Gasteiger partial charge on any atom is -0.382 e. The summed E-state index contributed by atoms with van der Waals surface area (Å²) in [7, 11) is 3.05. The topological polar surface area (TPSA) is 114 Å². The van der Waals surface area contributed by atoms with Crippen LogP contribution in [-0.4, -0.2) is 37.3 Å². The fraction of sp³-hybridized carbons (Fsp3) is 0.333. The average molecular weight is 376 g/mol. The predicted octanol–water partition coefficient (Wildman–Crippen LogP) is 3.59. The Labute approximate surface area is 155 Å². The van der Waals surface area contributed by atoms with Crippen molar-refractivity contribution in [3.63, 3.8) is 0 Å². The molecule has 27 heavy (non-hydrogen) atoms. The molecule has 9 nitrogen and oxygen atoms in total. The van der Waals surface area contributed by atoms with E-state index >= 15 is 0 Å². The van der Waals surface area contributed by atoms with E-state index in [1.807, 2.05) is 0 Å². The van der Waals surface area contributed by atoms with Gasteiger partial charge in [-0.2, -0.15) is 0 Å². The highest BCUT2D eigenvalue weighted by atomic mass is 16.6. The van der Waals surface area contributed by atoms with Crippen LogP contribution in [0.1, 0.15) is 23.3 Å². The van der Waals surface area contributed by atoms with Gasteiger partial charge in [-0.3, -0.25) is 20.2 Å². The number of ether oxygens (including phenoxy) is 3. The SMILES string of the molecule is COC[C@H](O[C@@H](COC)c1ccc([N+](=O)[O-])cc1)c1ccc([N+](=O)[O-])cc1. The van der Waals surface area contributed by atoms with Crippen LogP contribution >= 0.6 is 0 Å². The molecule has 0 amide bonds. The Morgan fingerprint density at radius 1 is 0.741 bits per heavy atom. The zero-order valence-electron chi connectivity index (χ0n) is 14.9. The maximum atomic E-state index is 10.8. The van der Waals surface area contributed by atoms with Crippen LogP contribution in [0.15, 0.2) is 48.5 Å². The van der Waals surface area contributed by atoms with Crippen LogP contribution in [-0.2, 0) is 14.2 Å². The molecule has 0 aliphatic heterocycles. The summed E-state index contributed by atoms with van der Waals surface area (Å²) in [6.07, 6.45) is -0.989. The van der Waals surface area contributed by atoms with Gasteiger partial charge in [0.25, 0.3) is 11.4 Å². The Morgan fingerprint density at radius 3 is 1.33 bits per heavy atom. The molecule has 2 rings (SSSR count). The lowest BCUT2D eigenvalue weighted by Crippen LogP contribution is -2.18. The van der Waals surface area contributed by atoms with E-state index in [4.69, 9.17) is 14.2 Å². The summed E-state index contributed by atoms with van der Waals surface area (Å²) in [6.45, 7) is 0.454. The van der Waals surface area contributed by atoms with Crippen molar-refractivity contribution in [3.05, 3.63) is 79.9 Å². The summed E-state index contributed by atoms with van der Waals surface area (Å²) in [5.41, 5.74) is 1.40. The Hall–Kier alpha value is -2.88. The Balaban J connectivity index is 2.23. The van der Waals surface area contributed by atoms with Gasteiger partial charge in [-0.15, -0.1) is 0 Å². The third kappa shape index (κ3) is 5.55. The summed E-state index contributed by atoms with van der Waals surface area (Å²) in [5, 5.41) is 21.6. The van der Waals surface area contributed by atoms with E-state index in [1.54, 1.807) is 24.3 Å². The van der Waals surface area contributed by atoms with Gasteiger partial charge in [-0.1, -0.05) is 0 Å². The number of methoxy groups -OCH3 is 2. The number of hydrogen-bond donors (Lipinski definition) is 0. The molecular formula is C18H20N2O7. The van der Waals surface area contributed by atoms with E-state index in [0.29, 0.717) is 11.1 Å². The van der Waals surface area contributed by atoms with Crippen molar-refractivity contribution in [2.75, 3.05) is 27.4 Å². The molecule has 0 heterocycles. The molecule has 2 aromatic carbocycles. The second-order valence-electron chi connectivity index (χ2n) is 5.72. The van der Waals surface area contributed by atoms with Crippen molar-refractivity contribution >= 4 is 11.4 Å². The number of hydrogen-bond acceptors (Lipinski definition) is 7. The van der Waals surface area contributed by atoms with Crippen LogP contribution in [0.25, 0.3) is 0 Å². The van der Waals surface area contributed by atoms with Gasteiger partial charge in [-0.05, 0) is 35.4 Å². The summed E-state index contributed by atoms with van der Waals surface area (Å²) < 4.78 is 16.5. The van der Waals surface area contributed by atoms with Crippen molar-refractivity contribution in [3.8, 4) is 0 Å². The number of rotatable bonds is 10. The number of benzene rings is 2. The first-order valence-corrected chi connectivity index (χ1v) is 8.08. The van der Waals surface area contributed by atoms with Crippen molar-refractivity contribution in [1.29, 1.82) is 0 Å². The number of nitrogens with zero attached hydrogens (tertiary/aromatic N) is 2. The summed E-state index contributed by atoms with van der Waals surface area (Å²) in [6, 6.07) is 12.1. The first kappa shape index (κ1) is 20.4. The van der Waals surface area contributed by atoms with E-state index in [0.717, 1.165) is 0 Å². The smallest absolute Gasteiger partial charge is 0.269 e. The number of non-ortho nitro benzene ring substituents is 2. The molecule has 0 saturated heterocycles. The van der Waals surface area contributed by atoms with Crippen LogP contribution in [0.2, 0.25) is 0 Å². The molecule has 0 fully saturated rings. The number of nitro groups is 2. The first-order valence-electron chi connectivity index (χ1n) is 8.08. The van der Waals surface area contributed by atoms with Gasteiger partial charge in [0, 0.05) is 38.5 Å². The highest BCUT2D eigenvalue weighted by molar-refractivity contribution is 5.35. The van der Waals surface area contributed by atoms with Gasteiger partial charge in [0.1, 0.15) is 12.2 Å². The van der Waals surface area contributed by atoms with Gasteiger partial charge >= 0.3 is 0 Å². The van der Waals surface area contributed by atoms with E-state index in [1.165, 1.54) is 38.5 Å². The Morgan fingerprint density at radius 2 is 1.07 bits per heavy atom. The van der Waals surface area contributed by atoms with Gasteiger partial charge in [-0.25, -0.2) is 0 Å². The lowest BCUT2D eigenvalue weighted by atomic mass is 10.1. The molecule has 0 spiro atoms. The highest BCUT2D eigenvalue weighted by Crippen LogP contribution is 2.29. The standard InChI is InChI=1S/C18H20N2O7/c1-25-11-17(13-3-7-15(8-4-13)19(21)22)27-18(12-26-2)14-5-9-16(10-6-14)20(23)24/h3-10,17-18H,11-12H2,1-2H3/t17-,18-/m0/s1. The van der Waals surface area contributed by atoms with Gasteiger partial charge < -0.3 is 14.2 Å². The van der Waals surface area contributed by atoms with E-state index < -0.39 is 22.1 Å². The minimum atomic E-state index is -0.494. The average Bonchev–Trinajstić information content (AvgIpc) is 2.67. The third-order valence-electron chi connectivity index (χ3n) is 3.92. The molecular weight excluding hydrogens is 356 g/mol. The second kappa shape index (κ2) is 9.72. The largest absolute Gasteiger partial charge is 0.382 e. The van der Waals surface area contributed by atoms with Crippen molar-refractivity contribution in [1.82, 2.24) is 0 Å². The van der Waals surface area contributed by atoms with Crippen molar-refractivity contribution in [2.45, 2.75) is 12.2 Å². The molecule has 2 atom stereocenters. The van der Waals surface area contributed by atoms with E-state index in [-0.39, 0.29) is 24.6 Å². The van der Waals surface area contributed by atoms with Crippen LogP contribution in [0, 0.1) is 20.2 Å². The maximum absolute atomic E-state index is 10.8. The van der Waals surface area contributed by atoms with Crippen LogP contribution in [0.4, 0.5) is 11.4 Å². The fourth-order valence-electron chi connectivity index (χ4n) is 2.55. The summed E-state index contributed by atoms with van der Waals surface area (Å²) in [4.78, 5) is 20.7. The molecule has 144 valence electrons. The molecule has 0 aliphatic rings. The van der Waals surface area contributed by atoms with E-state index in [2.05, 4.69) is 0 Å². The molecule has 0 unspecified atom stereocenters. The van der Waals surface area contributed by atoms with Crippen LogP contribution in [0.3, 0.4) is 0 Å². The zero-order valence-corrected chi connectivity index (χ0v) is 14.9. The van der Waals surface area contributed by atoms with Crippen LogP contribution < -0.4 is 0 Å². The summed E-state index contributed by atoms with van der Waals surface area (Å²) in [5.74, 6) is 0. The highest BCUT2D eigenvalue weighted by Gasteiger charge is 2.21. The molecule has 2 aromatic rings. The van der Waals surface area contributed by atoms with Gasteiger partial charge in [0.15, 0.2) is 0 Å². The summed E-state index contributed by atoms with van der Waals surface area (Å²) >= 11 is 0. The second-order valence-corrected chi connectivity index (χ2v) is 5.72. The van der Waals surface area contributed by atoms with Crippen molar-refractivity contribution in [2.24, 2.45) is 0 Å². The first-order chi connectivity index (χ1) is 13.0. The lowest BCUT2D eigenvalue weighted by molar-refractivity contribution is -0.385. The molecule has 9 heteroatoms. The van der Waals surface area contributed by atoms with Gasteiger partial charge in [0.2, 0.25) is 0 Å². The predicted molar refractivity (Wildman–Crippen MR) is 96.5 cm³/mol. The normalized spacial score (nSPS) is 13.1. The fourth-order valence-corrected chi connectivity index (χ4v) is 2.55. The lowest BCUT2D eigenvalue weighted by Gasteiger charge is -2.25. The maximum Gasteiger partial charge on any atom is 0.269 e. The molecule has 0 N–H and O–H groups in total. The molecule has 0 radical (unpaired) electrons. The third-order valence-corrected chi connectivity index (χ3v) is 3.92. The number of nitro benzene ring substituents is 2. The molecule has 0 bridgehead atoms. The minimum absolute atomic E-state index is 0.0151. The molecule has 0 saturated carbocycles. The van der Waals surface area contributed by atoms with Crippen LogP contribution in [0.5, 0.6) is 0 Å². The molecule has 0 aliphatic carbocycles. The van der Waals surface area contributed by atoms with Gasteiger partial charge in [0.05, 0.1) is 23.1 Å². The molecule has 0 aromatic heterocycles. The monoisotopic (exact) mass is 376 g/mol. The Kier molecular flexibility index (Phi) is 7.35. The zero-order chi connectivity index (χ0) is 19.8.